The van der Waals surface area contributed by atoms with Gasteiger partial charge in [0.25, 0.3) is 0 Å². The van der Waals surface area contributed by atoms with Gasteiger partial charge in [0.1, 0.15) is 17.4 Å². The molecule has 0 unspecified atom stereocenters. The van der Waals surface area contributed by atoms with E-state index in [9.17, 15) is 4.79 Å². The summed E-state index contributed by atoms with van der Waals surface area (Å²) in [6, 6.07) is 7.10. The average molecular weight is 288 g/mol. The predicted octanol–water partition coefficient (Wildman–Crippen LogP) is 2.33. The summed E-state index contributed by atoms with van der Waals surface area (Å²) in [5.41, 5.74) is 5.99. The molecule has 5 heteroatoms. The zero-order valence-corrected chi connectivity index (χ0v) is 12.6. The molecule has 0 aliphatic carbocycles. The van der Waals surface area contributed by atoms with E-state index in [2.05, 4.69) is 0 Å². The van der Waals surface area contributed by atoms with E-state index in [1.807, 2.05) is 38.1 Å². The first-order chi connectivity index (χ1) is 8.34. The number of benzene rings is 1. The number of hydrogen-bond donors (Lipinski definition) is 1. The molecule has 108 valence electrons. The molecule has 0 spiro atoms. The van der Waals surface area contributed by atoms with Crippen molar-refractivity contribution in [2.24, 2.45) is 5.73 Å². The van der Waals surface area contributed by atoms with Crippen LogP contribution < -0.4 is 10.5 Å². The highest BCUT2D eigenvalue weighted by Crippen LogP contribution is 2.20. The van der Waals surface area contributed by atoms with Gasteiger partial charge in [-0.25, -0.2) is 0 Å². The maximum Gasteiger partial charge on any atom is 0.323 e. The van der Waals surface area contributed by atoms with E-state index in [1.54, 1.807) is 14.0 Å². The lowest BCUT2D eigenvalue weighted by Crippen LogP contribution is -2.38. The van der Waals surface area contributed by atoms with Crippen molar-refractivity contribution in [1.82, 2.24) is 0 Å². The van der Waals surface area contributed by atoms with Gasteiger partial charge in [0.15, 0.2) is 0 Å². The highest BCUT2D eigenvalue weighted by atomic mass is 35.5. The molecular formula is C14H22ClNO3. The van der Waals surface area contributed by atoms with Crippen molar-refractivity contribution < 1.29 is 14.3 Å². The molecule has 0 bridgehead atoms. The third kappa shape index (κ3) is 5.94. The van der Waals surface area contributed by atoms with Gasteiger partial charge in [-0.05, 0) is 38.5 Å². The van der Waals surface area contributed by atoms with Crippen molar-refractivity contribution in [3.63, 3.8) is 0 Å². The second kappa shape index (κ2) is 7.36. The van der Waals surface area contributed by atoms with Crippen molar-refractivity contribution in [1.29, 1.82) is 0 Å². The van der Waals surface area contributed by atoms with Crippen molar-refractivity contribution >= 4 is 18.4 Å². The molecule has 19 heavy (non-hydrogen) atoms. The smallest absolute Gasteiger partial charge is 0.323 e. The van der Waals surface area contributed by atoms with Crippen LogP contribution in [0, 0.1) is 0 Å². The molecule has 0 heterocycles. The van der Waals surface area contributed by atoms with Gasteiger partial charge >= 0.3 is 5.97 Å². The standard InChI is InChI=1S/C14H21NO3.ClH/c1-10(15)13(16)18-14(2,3)9-11-5-7-12(17-4)8-6-11;/h5-8,10H,9,15H2,1-4H3;1H/t10-;/m0./s1. The number of esters is 1. The molecule has 0 saturated heterocycles. The number of hydrogen-bond acceptors (Lipinski definition) is 4. The van der Waals surface area contributed by atoms with Crippen molar-refractivity contribution in [2.75, 3.05) is 7.11 Å². The largest absolute Gasteiger partial charge is 0.497 e. The Hall–Kier alpha value is -1.26. The summed E-state index contributed by atoms with van der Waals surface area (Å²) in [6.07, 6.45) is 0.634. The minimum atomic E-state index is -0.597. The highest BCUT2D eigenvalue weighted by molar-refractivity contribution is 5.85. The van der Waals surface area contributed by atoms with Gasteiger partial charge in [0, 0.05) is 6.42 Å². The van der Waals surface area contributed by atoms with E-state index in [4.69, 9.17) is 15.2 Å². The number of ether oxygens (including phenoxy) is 2. The normalized spacial score (nSPS) is 12.3. The summed E-state index contributed by atoms with van der Waals surface area (Å²) >= 11 is 0. The van der Waals surface area contributed by atoms with Gasteiger partial charge in [-0.3, -0.25) is 4.79 Å². The molecule has 1 aromatic carbocycles. The Morgan fingerprint density at radius 3 is 2.26 bits per heavy atom. The quantitative estimate of drug-likeness (QED) is 0.844. The Bertz CT molecular complexity index is 402. The molecule has 0 saturated carbocycles. The van der Waals surface area contributed by atoms with E-state index in [0.717, 1.165) is 11.3 Å². The van der Waals surface area contributed by atoms with E-state index in [0.29, 0.717) is 6.42 Å². The van der Waals surface area contributed by atoms with Crippen molar-refractivity contribution in [3.8, 4) is 5.75 Å². The Kier molecular flexibility index (Phi) is 6.87. The molecule has 1 aromatic rings. The lowest BCUT2D eigenvalue weighted by Gasteiger charge is -2.26. The van der Waals surface area contributed by atoms with E-state index in [-0.39, 0.29) is 18.4 Å². The predicted molar refractivity (Wildman–Crippen MR) is 77.8 cm³/mol. The summed E-state index contributed by atoms with van der Waals surface area (Å²) in [6.45, 7) is 5.36. The number of carbonyl (C=O) groups is 1. The Morgan fingerprint density at radius 2 is 1.84 bits per heavy atom. The molecule has 4 nitrogen and oxygen atoms in total. The molecule has 0 fully saturated rings. The van der Waals surface area contributed by atoms with Crippen LogP contribution in [0.4, 0.5) is 0 Å². The fourth-order valence-corrected chi connectivity index (χ4v) is 1.64. The summed E-state index contributed by atoms with van der Waals surface area (Å²) < 4.78 is 10.5. The molecule has 0 aliphatic heterocycles. The van der Waals surface area contributed by atoms with E-state index < -0.39 is 11.6 Å². The maximum atomic E-state index is 11.5. The van der Waals surface area contributed by atoms with Crippen LogP contribution in [0.3, 0.4) is 0 Å². The zero-order valence-electron chi connectivity index (χ0n) is 11.8. The monoisotopic (exact) mass is 287 g/mol. The van der Waals surface area contributed by atoms with Crippen molar-refractivity contribution in [3.05, 3.63) is 29.8 Å². The first-order valence-electron chi connectivity index (χ1n) is 5.95. The number of halogens is 1. The average Bonchev–Trinajstić information content (AvgIpc) is 2.28. The van der Waals surface area contributed by atoms with Crippen LogP contribution in [-0.2, 0) is 16.0 Å². The Morgan fingerprint density at radius 1 is 1.32 bits per heavy atom. The number of nitrogens with two attached hydrogens (primary N) is 1. The van der Waals surface area contributed by atoms with Crippen LogP contribution in [0.1, 0.15) is 26.3 Å². The Labute approximate surface area is 120 Å². The fraction of sp³-hybridized carbons (Fsp3) is 0.500. The second-order valence-electron chi connectivity index (χ2n) is 4.99. The SMILES string of the molecule is COc1ccc(CC(C)(C)OC(=O)[C@H](C)N)cc1.Cl. The fourth-order valence-electron chi connectivity index (χ4n) is 1.64. The van der Waals surface area contributed by atoms with E-state index >= 15 is 0 Å². The third-order valence-electron chi connectivity index (χ3n) is 2.54. The first-order valence-corrected chi connectivity index (χ1v) is 5.95. The molecule has 0 radical (unpaired) electrons. The minimum absolute atomic E-state index is 0. The molecule has 1 atom stereocenters. The van der Waals surface area contributed by atoms with Gasteiger partial charge in [-0.1, -0.05) is 12.1 Å². The molecule has 1 rings (SSSR count). The van der Waals surface area contributed by atoms with Gasteiger partial charge in [-0.15, -0.1) is 12.4 Å². The van der Waals surface area contributed by atoms with Crippen LogP contribution >= 0.6 is 12.4 Å². The molecule has 0 aromatic heterocycles. The Balaban J connectivity index is 0.00000324. The van der Waals surface area contributed by atoms with Gasteiger partial charge in [-0.2, -0.15) is 0 Å². The summed E-state index contributed by atoms with van der Waals surface area (Å²) in [5, 5.41) is 0. The van der Waals surface area contributed by atoms with Crippen LogP contribution in [0.15, 0.2) is 24.3 Å². The first kappa shape index (κ1) is 17.7. The van der Waals surface area contributed by atoms with Crippen molar-refractivity contribution in [2.45, 2.75) is 38.8 Å². The molecule has 0 aliphatic rings. The van der Waals surface area contributed by atoms with E-state index in [1.165, 1.54) is 0 Å². The molecule has 2 N–H and O–H groups in total. The van der Waals surface area contributed by atoms with Crippen LogP contribution in [-0.4, -0.2) is 24.7 Å². The summed E-state index contributed by atoms with van der Waals surface area (Å²) in [4.78, 5) is 11.5. The topological polar surface area (TPSA) is 61.5 Å². The minimum Gasteiger partial charge on any atom is -0.497 e. The van der Waals surface area contributed by atoms with Gasteiger partial charge in [0.2, 0.25) is 0 Å². The summed E-state index contributed by atoms with van der Waals surface area (Å²) in [5.74, 6) is 0.428. The second-order valence-corrected chi connectivity index (χ2v) is 4.99. The van der Waals surface area contributed by atoms with Crippen LogP contribution in [0.5, 0.6) is 5.75 Å². The van der Waals surface area contributed by atoms with Gasteiger partial charge in [0.05, 0.1) is 7.11 Å². The third-order valence-corrected chi connectivity index (χ3v) is 2.54. The zero-order chi connectivity index (χ0) is 13.8. The lowest BCUT2D eigenvalue weighted by atomic mass is 9.98. The lowest BCUT2D eigenvalue weighted by molar-refractivity contribution is -0.157. The highest BCUT2D eigenvalue weighted by Gasteiger charge is 2.25. The number of methoxy groups -OCH3 is 1. The molecular weight excluding hydrogens is 266 g/mol. The van der Waals surface area contributed by atoms with Gasteiger partial charge < -0.3 is 15.2 Å². The number of carbonyl (C=O) groups excluding carboxylic acids is 1. The molecule has 0 amide bonds. The van der Waals surface area contributed by atoms with Crippen LogP contribution in [0.2, 0.25) is 0 Å². The summed E-state index contributed by atoms with van der Waals surface area (Å²) in [7, 11) is 1.63. The van der Waals surface area contributed by atoms with Crippen LogP contribution in [0.25, 0.3) is 0 Å². The maximum absolute atomic E-state index is 11.5. The number of rotatable bonds is 5.